The van der Waals surface area contributed by atoms with E-state index in [1.807, 2.05) is 12.1 Å². The first-order valence-electron chi connectivity index (χ1n) is 11.1. The molecule has 29 heavy (non-hydrogen) atoms. The quantitative estimate of drug-likeness (QED) is 0.794. The highest BCUT2D eigenvalue weighted by Crippen LogP contribution is 2.27. The molecule has 1 saturated carbocycles. The van der Waals surface area contributed by atoms with E-state index in [1.165, 1.54) is 24.0 Å². The van der Waals surface area contributed by atoms with E-state index < -0.39 is 10.0 Å². The van der Waals surface area contributed by atoms with Gasteiger partial charge in [-0.05, 0) is 74.1 Å². The normalized spacial score (nSPS) is 26.2. The van der Waals surface area contributed by atoms with E-state index in [1.54, 1.807) is 10.4 Å². The van der Waals surface area contributed by atoms with Crippen LogP contribution >= 0.6 is 0 Å². The number of hydrogen-bond donors (Lipinski definition) is 1. The van der Waals surface area contributed by atoms with Crippen molar-refractivity contribution in [1.29, 1.82) is 0 Å². The summed E-state index contributed by atoms with van der Waals surface area (Å²) in [5.41, 5.74) is 2.46. The summed E-state index contributed by atoms with van der Waals surface area (Å²) in [6, 6.07) is 5.90. The van der Waals surface area contributed by atoms with Crippen molar-refractivity contribution in [1.82, 2.24) is 14.5 Å². The Morgan fingerprint density at radius 3 is 2.45 bits per heavy atom. The van der Waals surface area contributed by atoms with Crippen LogP contribution in [0.5, 0.6) is 0 Å². The second-order valence-electron chi connectivity index (χ2n) is 8.99. The highest BCUT2D eigenvalue weighted by atomic mass is 32.2. The maximum Gasteiger partial charge on any atom is 0.243 e. The number of sulfonamides is 1. The van der Waals surface area contributed by atoms with E-state index in [0.717, 1.165) is 38.0 Å². The van der Waals surface area contributed by atoms with Crippen LogP contribution in [0.1, 0.15) is 50.2 Å². The van der Waals surface area contributed by atoms with Crippen molar-refractivity contribution < 1.29 is 13.2 Å². The van der Waals surface area contributed by atoms with Gasteiger partial charge in [0.2, 0.25) is 15.9 Å². The highest BCUT2D eigenvalue weighted by molar-refractivity contribution is 7.89. The number of fused-ring (bicyclic) bond motifs is 1. The lowest BCUT2D eigenvalue weighted by atomic mass is 9.87. The number of rotatable bonds is 5. The van der Waals surface area contributed by atoms with Crippen molar-refractivity contribution in [2.75, 3.05) is 32.7 Å². The maximum atomic E-state index is 13.0. The molecule has 1 N–H and O–H groups in total. The molecule has 3 aliphatic rings. The van der Waals surface area contributed by atoms with Gasteiger partial charge in [-0.2, -0.15) is 4.31 Å². The van der Waals surface area contributed by atoms with E-state index in [0.29, 0.717) is 43.7 Å². The van der Waals surface area contributed by atoms with Crippen molar-refractivity contribution >= 4 is 15.9 Å². The number of aryl methyl sites for hydroxylation is 2. The van der Waals surface area contributed by atoms with Crippen molar-refractivity contribution in [3.63, 3.8) is 0 Å². The molecule has 160 valence electrons. The first-order chi connectivity index (χ1) is 13.9. The van der Waals surface area contributed by atoms with Gasteiger partial charge >= 0.3 is 0 Å². The van der Waals surface area contributed by atoms with E-state index in [4.69, 9.17) is 0 Å². The molecule has 0 spiro atoms. The third kappa shape index (κ3) is 4.84. The van der Waals surface area contributed by atoms with Gasteiger partial charge in [0.15, 0.2) is 0 Å². The average Bonchev–Trinajstić information content (AvgIpc) is 3.18. The SMILES string of the molecule is CC1CCC(NC(=O)CN2CCN(S(=O)(=O)c3ccc4c(c3)CCC4)CC2)CC1. The molecule has 0 atom stereocenters. The van der Waals surface area contributed by atoms with Crippen LogP contribution < -0.4 is 5.32 Å². The third-order valence-corrected chi connectivity index (χ3v) is 8.68. The summed E-state index contributed by atoms with van der Waals surface area (Å²) in [5.74, 6) is 0.836. The Labute approximate surface area is 174 Å². The molecule has 4 rings (SSSR count). The minimum atomic E-state index is -3.46. The van der Waals surface area contributed by atoms with E-state index in [-0.39, 0.29) is 5.91 Å². The fraction of sp³-hybridized carbons (Fsp3) is 0.682. The molecule has 1 aliphatic heterocycles. The van der Waals surface area contributed by atoms with E-state index in [2.05, 4.69) is 17.1 Å². The van der Waals surface area contributed by atoms with Crippen LogP contribution in [-0.2, 0) is 27.7 Å². The van der Waals surface area contributed by atoms with Crippen LogP contribution in [0.15, 0.2) is 23.1 Å². The largest absolute Gasteiger partial charge is 0.352 e. The molecule has 0 aromatic heterocycles. The first kappa shape index (κ1) is 20.8. The Morgan fingerprint density at radius 1 is 1.03 bits per heavy atom. The number of carbonyl (C=O) groups is 1. The lowest BCUT2D eigenvalue weighted by molar-refractivity contribution is -0.123. The second kappa shape index (κ2) is 8.74. The summed E-state index contributed by atoms with van der Waals surface area (Å²) in [7, 11) is -3.46. The average molecular weight is 420 g/mol. The van der Waals surface area contributed by atoms with Gasteiger partial charge in [-0.25, -0.2) is 8.42 Å². The standard InChI is InChI=1S/C22H33N3O3S/c1-17-5-8-20(9-6-17)23-22(26)16-24-11-13-25(14-12-24)29(27,28)21-10-7-18-3-2-4-19(18)15-21/h7,10,15,17,20H,2-6,8-9,11-14,16H2,1H3,(H,23,26). The fourth-order valence-electron chi connectivity index (χ4n) is 4.87. The Bertz CT molecular complexity index is 839. The highest BCUT2D eigenvalue weighted by Gasteiger charge is 2.30. The van der Waals surface area contributed by atoms with E-state index in [9.17, 15) is 13.2 Å². The number of nitrogens with zero attached hydrogens (tertiary/aromatic N) is 2. The molecule has 1 aromatic rings. The Hall–Kier alpha value is -1.44. The summed E-state index contributed by atoms with van der Waals surface area (Å²) in [4.78, 5) is 14.9. The molecular weight excluding hydrogens is 386 g/mol. The van der Waals surface area contributed by atoms with Crippen molar-refractivity contribution in [2.24, 2.45) is 5.92 Å². The molecule has 1 saturated heterocycles. The number of hydrogen-bond acceptors (Lipinski definition) is 4. The van der Waals surface area contributed by atoms with Gasteiger partial charge in [0.05, 0.1) is 11.4 Å². The van der Waals surface area contributed by atoms with Crippen LogP contribution in [0.25, 0.3) is 0 Å². The lowest BCUT2D eigenvalue weighted by Gasteiger charge is -2.34. The first-order valence-corrected chi connectivity index (χ1v) is 12.5. The zero-order chi connectivity index (χ0) is 20.4. The van der Waals surface area contributed by atoms with Crippen LogP contribution in [-0.4, -0.2) is 62.3 Å². The van der Waals surface area contributed by atoms with Gasteiger partial charge in [-0.3, -0.25) is 9.69 Å². The lowest BCUT2D eigenvalue weighted by Crippen LogP contribution is -2.52. The Morgan fingerprint density at radius 2 is 1.72 bits per heavy atom. The van der Waals surface area contributed by atoms with Crippen LogP contribution in [0.4, 0.5) is 0 Å². The molecule has 0 unspecified atom stereocenters. The number of piperazine rings is 1. The van der Waals surface area contributed by atoms with Crippen molar-refractivity contribution in [3.05, 3.63) is 29.3 Å². The topological polar surface area (TPSA) is 69.7 Å². The third-order valence-electron chi connectivity index (χ3n) is 6.79. The molecule has 1 amide bonds. The molecule has 0 bridgehead atoms. The van der Waals surface area contributed by atoms with Gasteiger partial charge in [0, 0.05) is 32.2 Å². The van der Waals surface area contributed by atoms with Crippen molar-refractivity contribution in [3.8, 4) is 0 Å². The second-order valence-corrected chi connectivity index (χ2v) is 10.9. The van der Waals surface area contributed by atoms with Gasteiger partial charge in [-0.1, -0.05) is 13.0 Å². The van der Waals surface area contributed by atoms with Gasteiger partial charge in [0.25, 0.3) is 0 Å². The Balaban J connectivity index is 1.28. The molecule has 6 nitrogen and oxygen atoms in total. The van der Waals surface area contributed by atoms with E-state index >= 15 is 0 Å². The molecule has 7 heteroatoms. The van der Waals surface area contributed by atoms with Crippen LogP contribution in [0.3, 0.4) is 0 Å². The number of benzene rings is 1. The molecule has 0 radical (unpaired) electrons. The molecule has 1 aromatic carbocycles. The predicted octanol–water partition coefficient (Wildman–Crippen LogP) is 2.18. The summed E-state index contributed by atoms with van der Waals surface area (Å²) < 4.78 is 27.6. The summed E-state index contributed by atoms with van der Waals surface area (Å²) in [5, 5.41) is 3.17. The molecule has 2 fully saturated rings. The van der Waals surface area contributed by atoms with Crippen LogP contribution in [0.2, 0.25) is 0 Å². The summed E-state index contributed by atoms with van der Waals surface area (Å²) in [6.07, 6.45) is 7.64. The minimum absolute atomic E-state index is 0.0690. The monoisotopic (exact) mass is 419 g/mol. The zero-order valence-corrected chi connectivity index (χ0v) is 18.2. The molecule has 1 heterocycles. The summed E-state index contributed by atoms with van der Waals surface area (Å²) >= 11 is 0. The van der Waals surface area contributed by atoms with Gasteiger partial charge < -0.3 is 5.32 Å². The van der Waals surface area contributed by atoms with Gasteiger partial charge in [-0.15, -0.1) is 0 Å². The minimum Gasteiger partial charge on any atom is -0.352 e. The number of carbonyl (C=O) groups excluding carboxylic acids is 1. The number of amides is 1. The van der Waals surface area contributed by atoms with Crippen LogP contribution in [0, 0.1) is 5.92 Å². The fourth-order valence-corrected chi connectivity index (χ4v) is 6.34. The summed E-state index contributed by atoms with van der Waals surface area (Å²) in [6.45, 7) is 4.70. The molecular formula is C22H33N3O3S. The maximum absolute atomic E-state index is 13.0. The predicted molar refractivity (Wildman–Crippen MR) is 113 cm³/mol. The smallest absolute Gasteiger partial charge is 0.243 e. The molecule has 2 aliphatic carbocycles. The number of nitrogens with one attached hydrogen (secondary N) is 1. The van der Waals surface area contributed by atoms with Gasteiger partial charge in [0.1, 0.15) is 0 Å². The Kier molecular flexibility index (Phi) is 6.27. The van der Waals surface area contributed by atoms with Crippen molar-refractivity contribution in [2.45, 2.75) is 62.8 Å². The zero-order valence-electron chi connectivity index (χ0n) is 17.4.